The number of benzene rings is 1. The van der Waals surface area contributed by atoms with E-state index in [0.717, 1.165) is 37.8 Å². The van der Waals surface area contributed by atoms with Crippen molar-refractivity contribution < 1.29 is 0 Å². The summed E-state index contributed by atoms with van der Waals surface area (Å²) in [5.74, 6) is 1.65. The summed E-state index contributed by atoms with van der Waals surface area (Å²) in [5.41, 5.74) is 2.99. The van der Waals surface area contributed by atoms with Crippen molar-refractivity contribution in [2.24, 2.45) is 0 Å². The van der Waals surface area contributed by atoms with Gasteiger partial charge in [0.1, 0.15) is 5.82 Å². The minimum Gasteiger partial charge on any atom is -0.366 e. The van der Waals surface area contributed by atoms with Crippen LogP contribution in [-0.4, -0.2) is 48.1 Å². The van der Waals surface area contributed by atoms with Gasteiger partial charge in [-0.3, -0.25) is 4.90 Å². The fourth-order valence-electron chi connectivity index (χ4n) is 3.32. The van der Waals surface area contributed by atoms with Crippen LogP contribution in [0.4, 0.5) is 11.8 Å². The quantitative estimate of drug-likeness (QED) is 0.891. The fourth-order valence-corrected chi connectivity index (χ4v) is 3.32. The number of rotatable bonds is 5. The summed E-state index contributed by atoms with van der Waals surface area (Å²) in [6, 6.07) is 11.5. The highest BCUT2D eigenvalue weighted by Gasteiger charge is 2.23. The highest BCUT2D eigenvalue weighted by Crippen LogP contribution is 2.23. The van der Waals surface area contributed by atoms with Crippen molar-refractivity contribution in [2.45, 2.75) is 45.2 Å². The highest BCUT2D eigenvalue weighted by molar-refractivity contribution is 5.41. The van der Waals surface area contributed by atoms with Crippen LogP contribution in [0.1, 0.15) is 38.3 Å². The van der Waals surface area contributed by atoms with Gasteiger partial charge < -0.3 is 10.2 Å². The SMILES string of the molecule is CN(C)c1nccc(NC2CCN(Cc3ccc(C(C)(C)C)cc3)C2)n1. The molecule has 0 spiro atoms. The van der Waals surface area contributed by atoms with Gasteiger partial charge in [0.05, 0.1) is 0 Å². The number of hydrogen-bond donors (Lipinski definition) is 1. The molecule has 1 N–H and O–H groups in total. The number of aromatic nitrogens is 2. The maximum Gasteiger partial charge on any atom is 0.226 e. The van der Waals surface area contributed by atoms with Gasteiger partial charge in [-0.25, -0.2) is 4.98 Å². The average Bonchev–Trinajstić information content (AvgIpc) is 3.01. The predicted octanol–water partition coefficient (Wildman–Crippen LogP) is 3.53. The lowest BCUT2D eigenvalue weighted by molar-refractivity contribution is 0.328. The molecular formula is C21H31N5. The molecule has 1 aliphatic heterocycles. The molecule has 0 bridgehead atoms. The Balaban J connectivity index is 1.55. The molecule has 1 aromatic heterocycles. The van der Waals surface area contributed by atoms with Gasteiger partial charge in [0.2, 0.25) is 5.95 Å². The van der Waals surface area contributed by atoms with E-state index < -0.39 is 0 Å². The number of hydrogen-bond acceptors (Lipinski definition) is 5. The number of anilines is 2. The number of likely N-dealkylation sites (tertiary alicyclic amines) is 1. The van der Waals surface area contributed by atoms with E-state index in [2.05, 4.69) is 65.2 Å². The molecule has 2 heterocycles. The first-order valence-corrected chi connectivity index (χ1v) is 9.40. The van der Waals surface area contributed by atoms with Crippen molar-refractivity contribution in [3.63, 3.8) is 0 Å². The third kappa shape index (κ3) is 4.73. The lowest BCUT2D eigenvalue weighted by atomic mass is 9.87. The van der Waals surface area contributed by atoms with E-state index in [0.29, 0.717) is 6.04 Å². The Morgan fingerprint density at radius 2 is 1.88 bits per heavy atom. The summed E-state index contributed by atoms with van der Waals surface area (Å²) in [6.07, 6.45) is 2.95. The van der Waals surface area contributed by atoms with Crippen molar-refractivity contribution >= 4 is 11.8 Å². The molecule has 0 amide bonds. The van der Waals surface area contributed by atoms with Crippen molar-refractivity contribution in [1.82, 2.24) is 14.9 Å². The molecule has 1 fully saturated rings. The van der Waals surface area contributed by atoms with Crippen LogP contribution >= 0.6 is 0 Å². The zero-order valence-corrected chi connectivity index (χ0v) is 16.7. The van der Waals surface area contributed by atoms with Gasteiger partial charge in [-0.1, -0.05) is 45.0 Å². The van der Waals surface area contributed by atoms with Crippen molar-refractivity contribution in [3.8, 4) is 0 Å². The number of nitrogens with zero attached hydrogens (tertiary/aromatic N) is 4. The van der Waals surface area contributed by atoms with Crippen LogP contribution in [0.3, 0.4) is 0 Å². The van der Waals surface area contributed by atoms with Crippen molar-refractivity contribution in [2.75, 3.05) is 37.4 Å². The Morgan fingerprint density at radius 3 is 2.54 bits per heavy atom. The van der Waals surface area contributed by atoms with Gasteiger partial charge in [-0.05, 0) is 29.0 Å². The molecule has 1 saturated heterocycles. The molecule has 0 saturated carbocycles. The summed E-state index contributed by atoms with van der Waals surface area (Å²) >= 11 is 0. The smallest absolute Gasteiger partial charge is 0.226 e. The first-order valence-electron chi connectivity index (χ1n) is 9.40. The lowest BCUT2D eigenvalue weighted by Gasteiger charge is -2.21. The van der Waals surface area contributed by atoms with E-state index in [1.165, 1.54) is 11.1 Å². The second-order valence-corrected chi connectivity index (χ2v) is 8.45. The summed E-state index contributed by atoms with van der Waals surface area (Å²) in [7, 11) is 3.92. The van der Waals surface area contributed by atoms with E-state index in [9.17, 15) is 0 Å². The first-order chi connectivity index (χ1) is 12.3. The third-order valence-electron chi connectivity index (χ3n) is 4.89. The first kappa shape index (κ1) is 18.6. The molecule has 5 nitrogen and oxygen atoms in total. The van der Waals surface area contributed by atoms with Crippen LogP contribution in [0.2, 0.25) is 0 Å². The largest absolute Gasteiger partial charge is 0.366 e. The van der Waals surface area contributed by atoms with Gasteiger partial charge in [0, 0.05) is 46.0 Å². The summed E-state index contributed by atoms with van der Waals surface area (Å²) in [5, 5.41) is 3.56. The van der Waals surface area contributed by atoms with Crippen LogP contribution in [0.5, 0.6) is 0 Å². The highest BCUT2D eigenvalue weighted by atomic mass is 15.2. The molecule has 2 aromatic rings. The molecule has 1 aliphatic rings. The Morgan fingerprint density at radius 1 is 1.15 bits per heavy atom. The summed E-state index contributed by atoms with van der Waals surface area (Å²) in [4.78, 5) is 13.3. The monoisotopic (exact) mass is 353 g/mol. The second-order valence-electron chi connectivity index (χ2n) is 8.45. The van der Waals surface area contributed by atoms with Crippen LogP contribution in [0, 0.1) is 0 Å². The van der Waals surface area contributed by atoms with Gasteiger partial charge >= 0.3 is 0 Å². The van der Waals surface area contributed by atoms with Crippen molar-refractivity contribution in [3.05, 3.63) is 47.7 Å². The second kappa shape index (κ2) is 7.62. The van der Waals surface area contributed by atoms with E-state index in [1.54, 1.807) is 0 Å². The molecule has 0 radical (unpaired) electrons. The molecule has 5 heteroatoms. The summed E-state index contributed by atoms with van der Waals surface area (Å²) in [6.45, 7) is 9.94. The lowest BCUT2D eigenvalue weighted by Crippen LogP contribution is -2.26. The van der Waals surface area contributed by atoms with E-state index in [4.69, 9.17) is 0 Å². The molecule has 0 aliphatic carbocycles. The molecule has 1 atom stereocenters. The molecule has 1 unspecified atom stereocenters. The molecule has 3 rings (SSSR count). The van der Waals surface area contributed by atoms with Crippen LogP contribution in [-0.2, 0) is 12.0 Å². The third-order valence-corrected chi connectivity index (χ3v) is 4.89. The Labute approximate surface area is 157 Å². The zero-order chi connectivity index (χ0) is 18.7. The Bertz CT molecular complexity index is 718. The zero-order valence-electron chi connectivity index (χ0n) is 16.7. The number of nitrogens with one attached hydrogen (secondary N) is 1. The minimum absolute atomic E-state index is 0.212. The van der Waals surface area contributed by atoms with Gasteiger partial charge in [0.25, 0.3) is 0 Å². The van der Waals surface area contributed by atoms with Crippen LogP contribution in [0.15, 0.2) is 36.5 Å². The molecule has 1 aromatic carbocycles. The van der Waals surface area contributed by atoms with E-state index >= 15 is 0 Å². The molecule has 140 valence electrons. The summed E-state index contributed by atoms with van der Waals surface area (Å²) < 4.78 is 0. The van der Waals surface area contributed by atoms with E-state index in [1.807, 2.05) is 31.3 Å². The average molecular weight is 354 g/mol. The fraction of sp³-hybridized carbons (Fsp3) is 0.524. The molecular weight excluding hydrogens is 322 g/mol. The van der Waals surface area contributed by atoms with Crippen LogP contribution in [0.25, 0.3) is 0 Å². The standard InChI is InChI=1S/C21H31N5/c1-21(2,3)17-8-6-16(7-9-17)14-26-13-11-18(15-26)23-19-10-12-22-20(24-19)25(4)5/h6-10,12,18H,11,13-15H2,1-5H3,(H,22,23,24). The minimum atomic E-state index is 0.212. The topological polar surface area (TPSA) is 44.3 Å². The normalized spacial score (nSPS) is 18.1. The van der Waals surface area contributed by atoms with Crippen molar-refractivity contribution in [1.29, 1.82) is 0 Å². The van der Waals surface area contributed by atoms with Gasteiger partial charge in [0.15, 0.2) is 0 Å². The van der Waals surface area contributed by atoms with E-state index in [-0.39, 0.29) is 5.41 Å². The maximum atomic E-state index is 4.56. The maximum absolute atomic E-state index is 4.56. The van der Waals surface area contributed by atoms with Gasteiger partial charge in [-0.15, -0.1) is 0 Å². The Kier molecular flexibility index (Phi) is 5.47. The predicted molar refractivity (Wildman–Crippen MR) is 109 cm³/mol. The Hall–Kier alpha value is -2.14. The van der Waals surface area contributed by atoms with Crippen LogP contribution < -0.4 is 10.2 Å². The van der Waals surface area contributed by atoms with Gasteiger partial charge in [-0.2, -0.15) is 4.98 Å². The molecule has 26 heavy (non-hydrogen) atoms.